The Balaban J connectivity index is 1.85. The first-order chi connectivity index (χ1) is 20.5. The van der Waals surface area contributed by atoms with Crippen LogP contribution in [0.4, 0.5) is 5.69 Å². The SMILES string of the molecule is N=C(N)c1ccc(C[C@H](C(=O)N[C@@H](Cc2ccc(N)cc2)C(=O)NC(CCCN=C(N)N)C(N)=O)c2cccnc2)cc1. The number of pyridine rings is 1. The van der Waals surface area contributed by atoms with E-state index in [-0.39, 0.29) is 31.2 Å². The quantitative estimate of drug-likeness (QED) is 0.0520. The van der Waals surface area contributed by atoms with Gasteiger partial charge in [0, 0.05) is 36.6 Å². The number of rotatable bonds is 15. The second-order valence-corrected chi connectivity index (χ2v) is 10.1. The molecule has 13 N–H and O–H groups in total. The normalized spacial score (nSPS) is 12.7. The monoisotopic (exact) mass is 586 g/mol. The topological polar surface area (TPSA) is 254 Å². The number of carbonyl (C=O) groups excluding carboxylic acids is 3. The van der Waals surface area contributed by atoms with Gasteiger partial charge in [0.15, 0.2) is 5.96 Å². The molecule has 3 atom stereocenters. The Morgan fingerprint density at radius 2 is 1.47 bits per heavy atom. The van der Waals surface area contributed by atoms with E-state index in [2.05, 4.69) is 20.6 Å². The van der Waals surface area contributed by atoms with Crippen molar-refractivity contribution < 1.29 is 14.4 Å². The largest absolute Gasteiger partial charge is 0.399 e. The molecule has 13 heteroatoms. The third-order valence-corrected chi connectivity index (χ3v) is 6.77. The van der Waals surface area contributed by atoms with E-state index in [1.54, 1.807) is 73.1 Å². The van der Waals surface area contributed by atoms with E-state index >= 15 is 0 Å². The lowest BCUT2D eigenvalue weighted by Gasteiger charge is -2.25. The van der Waals surface area contributed by atoms with Crippen molar-refractivity contribution >= 4 is 35.2 Å². The second kappa shape index (κ2) is 15.5. The summed E-state index contributed by atoms with van der Waals surface area (Å²) in [5.41, 5.74) is 31.0. The van der Waals surface area contributed by atoms with Gasteiger partial charge in [-0.15, -0.1) is 0 Å². The molecule has 226 valence electrons. The Hall–Kier alpha value is -5.46. The average Bonchev–Trinajstić information content (AvgIpc) is 2.98. The smallest absolute Gasteiger partial charge is 0.243 e. The lowest BCUT2D eigenvalue weighted by atomic mass is 9.91. The van der Waals surface area contributed by atoms with Crippen molar-refractivity contribution in [1.82, 2.24) is 15.6 Å². The van der Waals surface area contributed by atoms with Gasteiger partial charge >= 0.3 is 0 Å². The van der Waals surface area contributed by atoms with Gasteiger partial charge in [-0.1, -0.05) is 42.5 Å². The van der Waals surface area contributed by atoms with E-state index in [1.165, 1.54) is 0 Å². The van der Waals surface area contributed by atoms with E-state index < -0.39 is 35.7 Å². The maximum atomic E-state index is 13.9. The van der Waals surface area contributed by atoms with Gasteiger partial charge in [0.2, 0.25) is 17.7 Å². The number of nitrogens with one attached hydrogen (secondary N) is 3. The van der Waals surface area contributed by atoms with E-state index in [0.717, 1.165) is 11.1 Å². The molecule has 3 aromatic rings. The summed E-state index contributed by atoms with van der Waals surface area (Å²) in [6.45, 7) is 0.258. The highest BCUT2D eigenvalue weighted by atomic mass is 16.2. The Bertz CT molecular complexity index is 1420. The minimum atomic E-state index is -1.05. The standard InChI is InChI=1S/C30H38N10O3/c31-22-11-7-19(8-12-22)16-25(29(43)39-24(27(34)41)4-2-14-38-30(35)36)40-28(42)23(21-3-1-13-37-17-21)15-18-5-9-20(10-6-18)26(32)33/h1,3,5-13,17,23-25H,2,4,14-16,31H2,(H3,32,33)(H2,34,41)(H,39,43)(H,40,42)(H4,35,36,38)/t23-,24?,25-/m0/s1. The van der Waals surface area contributed by atoms with Gasteiger partial charge in [0.05, 0.1) is 5.92 Å². The molecule has 3 amide bonds. The van der Waals surface area contributed by atoms with Gasteiger partial charge < -0.3 is 39.3 Å². The first kappa shape index (κ1) is 32.1. The molecule has 0 radical (unpaired) electrons. The van der Waals surface area contributed by atoms with Crippen LogP contribution >= 0.6 is 0 Å². The maximum Gasteiger partial charge on any atom is 0.243 e. The minimum Gasteiger partial charge on any atom is -0.399 e. The van der Waals surface area contributed by atoms with E-state index in [9.17, 15) is 14.4 Å². The molecular weight excluding hydrogens is 548 g/mol. The Labute approximate surface area is 249 Å². The predicted octanol–water partition coefficient (Wildman–Crippen LogP) is 0.0254. The first-order valence-corrected chi connectivity index (χ1v) is 13.7. The first-order valence-electron chi connectivity index (χ1n) is 13.7. The highest BCUT2D eigenvalue weighted by Gasteiger charge is 2.29. The highest BCUT2D eigenvalue weighted by Crippen LogP contribution is 2.22. The van der Waals surface area contributed by atoms with E-state index in [1.807, 2.05) is 0 Å². The van der Waals surface area contributed by atoms with Crippen molar-refractivity contribution in [2.24, 2.45) is 27.9 Å². The van der Waals surface area contributed by atoms with Gasteiger partial charge in [-0.25, -0.2) is 0 Å². The van der Waals surface area contributed by atoms with Crippen molar-refractivity contribution in [3.63, 3.8) is 0 Å². The minimum absolute atomic E-state index is 0.0601. The van der Waals surface area contributed by atoms with Gasteiger partial charge in [-0.2, -0.15) is 0 Å². The van der Waals surface area contributed by atoms with Crippen LogP contribution in [0, 0.1) is 5.41 Å². The zero-order chi connectivity index (χ0) is 31.4. The average molecular weight is 587 g/mol. The molecule has 1 unspecified atom stereocenters. The van der Waals surface area contributed by atoms with E-state index in [0.29, 0.717) is 29.7 Å². The molecule has 0 saturated heterocycles. The van der Waals surface area contributed by atoms with Gasteiger partial charge in [0.25, 0.3) is 0 Å². The fourth-order valence-electron chi connectivity index (χ4n) is 4.43. The van der Waals surface area contributed by atoms with Crippen LogP contribution in [0.25, 0.3) is 0 Å². The van der Waals surface area contributed by atoms with Gasteiger partial charge in [0.1, 0.15) is 17.9 Å². The number of anilines is 1. The molecule has 0 saturated carbocycles. The number of nitrogens with two attached hydrogens (primary N) is 5. The molecule has 2 aromatic carbocycles. The molecule has 13 nitrogen and oxygen atoms in total. The molecule has 0 fully saturated rings. The molecule has 0 aliphatic heterocycles. The number of carbonyl (C=O) groups is 3. The number of amides is 3. The summed E-state index contributed by atoms with van der Waals surface area (Å²) in [6, 6.07) is 15.4. The fourth-order valence-corrected chi connectivity index (χ4v) is 4.43. The molecule has 0 spiro atoms. The Kier molecular flexibility index (Phi) is 11.6. The summed E-state index contributed by atoms with van der Waals surface area (Å²) < 4.78 is 0. The van der Waals surface area contributed by atoms with Crippen LogP contribution in [-0.2, 0) is 27.2 Å². The van der Waals surface area contributed by atoms with Crippen molar-refractivity contribution in [2.75, 3.05) is 12.3 Å². The van der Waals surface area contributed by atoms with Crippen LogP contribution in [0.15, 0.2) is 78.0 Å². The number of amidine groups is 1. The zero-order valence-electron chi connectivity index (χ0n) is 23.7. The van der Waals surface area contributed by atoms with Crippen LogP contribution in [0.3, 0.4) is 0 Å². The Morgan fingerprint density at radius 1 is 0.837 bits per heavy atom. The van der Waals surface area contributed by atoms with Crippen LogP contribution in [0.2, 0.25) is 0 Å². The van der Waals surface area contributed by atoms with Crippen molar-refractivity contribution in [3.8, 4) is 0 Å². The Morgan fingerprint density at radius 3 is 2.05 bits per heavy atom. The summed E-state index contributed by atoms with van der Waals surface area (Å²) in [7, 11) is 0. The summed E-state index contributed by atoms with van der Waals surface area (Å²) in [6.07, 6.45) is 4.23. The lowest BCUT2D eigenvalue weighted by molar-refractivity contribution is -0.131. The number of primary amides is 1. The number of hydrogen-bond acceptors (Lipinski definition) is 7. The number of aliphatic imine (C=N–C) groups is 1. The second-order valence-electron chi connectivity index (χ2n) is 10.1. The number of nitrogen functional groups attached to an aromatic ring is 2. The van der Waals surface area contributed by atoms with Crippen molar-refractivity contribution in [1.29, 1.82) is 5.41 Å². The van der Waals surface area contributed by atoms with Crippen LogP contribution in [0.5, 0.6) is 0 Å². The van der Waals surface area contributed by atoms with Gasteiger partial charge in [-0.3, -0.25) is 29.8 Å². The molecule has 0 bridgehead atoms. The van der Waals surface area contributed by atoms with Crippen LogP contribution in [0.1, 0.15) is 41.0 Å². The predicted molar refractivity (Wildman–Crippen MR) is 166 cm³/mol. The molecule has 1 heterocycles. The lowest BCUT2D eigenvalue weighted by Crippen LogP contribution is -2.54. The highest BCUT2D eigenvalue weighted by molar-refractivity contribution is 5.95. The van der Waals surface area contributed by atoms with Gasteiger partial charge in [-0.05, 0) is 54.2 Å². The van der Waals surface area contributed by atoms with Crippen molar-refractivity contribution in [2.45, 2.75) is 43.7 Å². The third kappa shape index (κ3) is 10.1. The molecule has 43 heavy (non-hydrogen) atoms. The summed E-state index contributed by atoms with van der Waals surface area (Å²) in [5.74, 6) is -2.56. The van der Waals surface area contributed by atoms with Crippen LogP contribution < -0.4 is 39.3 Å². The van der Waals surface area contributed by atoms with Crippen molar-refractivity contribution in [3.05, 3.63) is 95.3 Å². The summed E-state index contributed by atoms with van der Waals surface area (Å²) in [5, 5.41) is 13.2. The van der Waals surface area contributed by atoms with Crippen LogP contribution in [-0.4, -0.2) is 53.1 Å². The molecule has 3 rings (SSSR count). The number of benzene rings is 2. The fraction of sp³-hybridized carbons (Fsp3) is 0.267. The zero-order valence-corrected chi connectivity index (χ0v) is 23.7. The molecule has 0 aliphatic rings. The van der Waals surface area contributed by atoms with E-state index in [4.69, 9.17) is 34.1 Å². The number of nitrogens with zero attached hydrogens (tertiary/aromatic N) is 2. The molecular formula is C30H38N10O3. The number of aromatic nitrogens is 1. The number of guanidine groups is 1. The molecule has 1 aromatic heterocycles. The summed E-state index contributed by atoms with van der Waals surface area (Å²) in [4.78, 5) is 47.6. The third-order valence-electron chi connectivity index (χ3n) is 6.77. The number of hydrogen-bond donors (Lipinski definition) is 8. The maximum absolute atomic E-state index is 13.9. The summed E-state index contributed by atoms with van der Waals surface area (Å²) >= 11 is 0. The molecule has 0 aliphatic carbocycles.